The van der Waals surface area contributed by atoms with E-state index in [-0.39, 0.29) is 0 Å². The van der Waals surface area contributed by atoms with Crippen LogP contribution in [0.3, 0.4) is 0 Å². The van der Waals surface area contributed by atoms with Gasteiger partial charge in [0.25, 0.3) is 0 Å². The molecule has 0 saturated heterocycles. The van der Waals surface area contributed by atoms with Gasteiger partial charge in [-0.15, -0.1) is 11.8 Å². The molecule has 1 N–H and O–H groups in total. The normalized spacial score (nSPS) is 10.6. The molecule has 94 valence electrons. The molecule has 0 bridgehead atoms. The lowest BCUT2D eigenvalue weighted by atomic mass is 10.2. The van der Waals surface area contributed by atoms with Crippen LogP contribution >= 0.6 is 43.6 Å². The van der Waals surface area contributed by atoms with Gasteiger partial charge in [-0.3, -0.25) is 0 Å². The van der Waals surface area contributed by atoms with Crippen molar-refractivity contribution in [2.45, 2.75) is 10.6 Å². The first-order valence-electron chi connectivity index (χ1n) is 4.96. The molecule has 0 unspecified atom stereocenters. The van der Waals surface area contributed by atoms with Crippen molar-refractivity contribution in [3.8, 4) is 0 Å². The molecule has 2 rings (SSSR count). The lowest BCUT2D eigenvalue weighted by Crippen LogP contribution is -1.98. The third-order valence-electron chi connectivity index (χ3n) is 2.17. The topological polar surface area (TPSA) is 50.4 Å². The maximum atomic E-state index is 11.1. The first kappa shape index (κ1) is 13.7. The average molecular weight is 392 g/mol. The fourth-order valence-electron chi connectivity index (χ4n) is 1.37. The van der Waals surface area contributed by atoms with E-state index < -0.39 is 5.97 Å². The smallest absolute Gasteiger partial charge is 0.336 e. The highest BCUT2D eigenvalue weighted by molar-refractivity contribution is 9.10. The summed E-state index contributed by atoms with van der Waals surface area (Å²) >= 11 is 8.00. The summed E-state index contributed by atoms with van der Waals surface area (Å²) in [4.78, 5) is 11.8. The van der Waals surface area contributed by atoms with E-state index in [0.29, 0.717) is 20.9 Å². The van der Waals surface area contributed by atoms with Crippen LogP contribution in [-0.2, 0) is 5.75 Å². The van der Waals surface area contributed by atoms with Crippen LogP contribution in [0.4, 0.5) is 0 Å². The molecule has 1 aromatic carbocycles. The zero-order chi connectivity index (χ0) is 13.1. The number of hydrogen-bond donors (Lipinski definition) is 1. The summed E-state index contributed by atoms with van der Waals surface area (Å²) in [6.07, 6.45) is 0. The Hall–Kier alpha value is -0.720. The molecule has 1 aromatic heterocycles. The molecule has 0 aliphatic heterocycles. The molecular formula is C12H8Br2O3S. The number of carbonyl (C=O) groups is 1. The minimum atomic E-state index is -0.925. The van der Waals surface area contributed by atoms with Crippen LogP contribution in [0.5, 0.6) is 0 Å². The van der Waals surface area contributed by atoms with E-state index in [2.05, 4.69) is 31.9 Å². The van der Waals surface area contributed by atoms with Crippen molar-refractivity contribution in [3.63, 3.8) is 0 Å². The number of carboxylic acids is 1. The number of furan rings is 1. The Labute approximate surface area is 125 Å². The van der Waals surface area contributed by atoms with Gasteiger partial charge in [-0.1, -0.05) is 15.9 Å². The van der Waals surface area contributed by atoms with Crippen LogP contribution in [0.2, 0.25) is 0 Å². The van der Waals surface area contributed by atoms with E-state index in [0.717, 1.165) is 10.2 Å². The molecule has 18 heavy (non-hydrogen) atoms. The van der Waals surface area contributed by atoms with Crippen molar-refractivity contribution in [3.05, 3.63) is 50.8 Å². The molecule has 0 aliphatic rings. The highest BCUT2D eigenvalue weighted by atomic mass is 79.9. The molecule has 0 fully saturated rings. The van der Waals surface area contributed by atoms with Gasteiger partial charge < -0.3 is 9.52 Å². The minimum Gasteiger partial charge on any atom is -0.478 e. The van der Waals surface area contributed by atoms with Crippen molar-refractivity contribution in [1.29, 1.82) is 0 Å². The Morgan fingerprint density at radius 3 is 2.67 bits per heavy atom. The SMILES string of the molecule is O=C(O)c1ccc(Br)cc1SCc1ccc(Br)o1. The number of thioether (sulfide) groups is 1. The lowest BCUT2D eigenvalue weighted by Gasteiger charge is -2.05. The van der Waals surface area contributed by atoms with Gasteiger partial charge in [-0.05, 0) is 46.3 Å². The number of aromatic carboxylic acids is 1. The van der Waals surface area contributed by atoms with Crippen molar-refractivity contribution < 1.29 is 14.3 Å². The molecule has 0 atom stereocenters. The number of benzene rings is 1. The van der Waals surface area contributed by atoms with Gasteiger partial charge in [0.05, 0.1) is 11.3 Å². The average Bonchev–Trinajstić information content (AvgIpc) is 2.72. The van der Waals surface area contributed by atoms with Crippen LogP contribution in [0, 0.1) is 0 Å². The Bertz CT molecular complexity index is 580. The predicted molar refractivity (Wildman–Crippen MR) is 77.1 cm³/mol. The molecule has 0 spiro atoms. The summed E-state index contributed by atoms with van der Waals surface area (Å²) < 4.78 is 6.90. The third kappa shape index (κ3) is 3.40. The second-order valence-corrected chi connectivity index (χ2v) is 6.15. The summed E-state index contributed by atoms with van der Waals surface area (Å²) in [5.41, 5.74) is 0.300. The maximum Gasteiger partial charge on any atom is 0.336 e. The first-order chi connectivity index (χ1) is 8.56. The van der Waals surface area contributed by atoms with Crippen LogP contribution in [0.15, 0.2) is 48.8 Å². The van der Waals surface area contributed by atoms with Crippen LogP contribution in [0.25, 0.3) is 0 Å². The van der Waals surface area contributed by atoms with Gasteiger partial charge in [0.15, 0.2) is 4.67 Å². The number of hydrogen-bond acceptors (Lipinski definition) is 3. The standard InChI is InChI=1S/C12H8Br2O3S/c13-7-1-3-9(12(15)16)10(5-7)18-6-8-2-4-11(14)17-8/h1-5H,6H2,(H,15,16). The van der Waals surface area contributed by atoms with Gasteiger partial charge in [-0.25, -0.2) is 4.79 Å². The minimum absolute atomic E-state index is 0.300. The van der Waals surface area contributed by atoms with E-state index in [1.807, 2.05) is 12.1 Å². The number of carboxylic acid groups (broad SMARTS) is 1. The van der Waals surface area contributed by atoms with Gasteiger partial charge in [0.2, 0.25) is 0 Å². The summed E-state index contributed by atoms with van der Waals surface area (Å²) in [7, 11) is 0. The second-order valence-electron chi connectivity index (χ2n) is 3.44. The number of halogens is 2. The largest absolute Gasteiger partial charge is 0.478 e. The molecule has 1 heterocycles. The molecule has 0 aliphatic carbocycles. The predicted octanol–water partition coefficient (Wildman–Crippen LogP) is 4.80. The molecular weight excluding hydrogens is 384 g/mol. The van der Waals surface area contributed by atoms with Crippen molar-refractivity contribution in [2.24, 2.45) is 0 Å². The Kier molecular flexibility index (Phi) is 4.53. The Morgan fingerprint density at radius 1 is 1.28 bits per heavy atom. The van der Waals surface area contributed by atoms with E-state index in [1.54, 1.807) is 18.2 Å². The fourth-order valence-corrected chi connectivity index (χ4v) is 3.20. The third-order valence-corrected chi connectivity index (χ3v) is 4.17. The van der Waals surface area contributed by atoms with E-state index >= 15 is 0 Å². The molecule has 6 heteroatoms. The molecule has 3 nitrogen and oxygen atoms in total. The lowest BCUT2D eigenvalue weighted by molar-refractivity contribution is 0.0693. The van der Waals surface area contributed by atoms with Crippen molar-refractivity contribution in [1.82, 2.24) is 0 Å². The molecule has 0 amide bonds. The Morgan fingerprint density at radius 2 is 2.06 bits per heavy atom. The van der Waals surface area contributed by atoms with E-state index in [4.69, 9.17) is 9.52 Å². The number of rotatable bonds is 4. The van der Waals surface area contributed by atoms with E-state index in [1.165, 1.54) is 11.8 Å². The van der Waals surface area contributed by atoms with Gasteiger partial charge >= 0.3 is 5.97 Å². The van der Waals surface area contributed by atoms with Crippen LogP contribution < -0.4 is 0 Å². The summed E-state index contributed by atoms with van der Waals surface area (Å²) in [5, 5.41) is 9.10. The quantitative estimate of drug-likeness (QED) is 0.761. The zero-order valence-electron chi connectivity index (χ0n) is 9.02. The maximum absolute atomic E-state index is 11.1. The van der Waals surface area contributed by atoms with Crippen LogP contribution in [-0.4, -0.2) is 11.1 Å². The highest BCUT2D eigenvalue weighted by Gasteiger charge is 2.11. The van der Waals surface area contributed by atoms with Crippen molar-refractivity contribution in [2.75, 3.05) is 0 Å². The van der Waals surface area contributed by atoms with Gasteiger partial charge in [0.1, 0.15) is 5.76 Å². The highest BCUT2D eigenvalue weighted by Crippen LogP contribution is 2.30. The second kappa shape index (κ2) is 5.95. The Balaban J connectivity index is 2.17. The summed E-state index contributed by atoms with van der Waals surface area (Å²) in [6, 6.07) is 8.78. The van der Waals surface area contributed by atoms with E-state index in [9.17, 15) is 4.79 Å². The first-order valence-corrected chi connectivity index (χ1v) is 7.53. The van der Waals surface area contributed by atoms with Gasteiger partial charge in [0, 0.05) is 9.37 Å². The zero-order valence-corrected chi connectivity index (χ0v) is 13.0. The monoisotopic (exact) mass is 390 g/mol. The molecule has 0 saturated carbocycles. The molecule has 0 radical (unpaired) electrons. The molecule has 2 aromatic rings. The summed E-state index contributed by atoms with van der Waals surface area (Å²) in [6.45, 7) is 0. The van der Waals surface area contributed by atoms with Crippen LogP contribution in [0.1, 0.15) is 16.1 Å². The van der Waals surface area contributed by atoms with Gasteiger partial charge in [-0.2, -0.15) is 0 Å². The fraction of sp³-hybridized carbons (Fsp3) is 0.0833. The summed E-state index contributed by atoms with van der Waals surface area (Å²) in [5.74, 6) is 0.455. The van der Waals surface area contributed by atoms with Crippen molar-refractivity contribution >= 4 is 49.6 Å².